The molecule has 1 aromatic carbocycles. The van der Waals surface area contributed by atoms with E-state index in [9.17, 15) is 28.8 Å². The standard InChI is InChI=1S/C53H86N6O8S/c1-13-36(6)49(58(10)53(65)41(34(2)3)32-44(61)48(35(4)5)57(9)46(62)24-26-55-51(64)37(7)20-17-18-25-54)45(66-11)33-47(63)59-28-19-23-42(59)50(67-12)38(8)43(60)31-40(52-56-27-29-68-52)30-39-21-15-14-16-22-39/h14-16,21-22,27,29,34-38,40-42,45,48-50H,13,17-20,23-26,28,30-33,54H2,1-12H3,(H,55,64)/t36-,37?,38-,40+,41-,42-,45+,48-,49-,50+/m0/s1. The summed E-state index contributed by atoms with van der Waals surface area (Å²) in [4.78, 5) is 93.2. The van der Waals surface area contributed by atoms with Crippen molar-refractivity contribution in [1.29, 1.82) is 0 Å². The average Bonchev–Trinajstić information content (AvgIpc) is 4.04. The molecule has 10 atom stereocenters. The Labute approximate surface area is 412 Å². The number of nitrogens with one attached hydrogen (secondary N) is 1. The first-order valence-corrected chi connectivity index (χ1v) is 26.0. The molecule has 0 radical (unpaired) electrons. The van der Waals surface area contributed by atoms with Crippen LogP contribution in [-0.4, -0.2) is 133 Å². The van der Waals surface area contributed by atoms with Gasteiger partial charge >= 0.3 is 0 Å². The van der Waals surface area contributed by atoms with Gasteiger partial charge in [0.15, 0.2) is 5.78 Å². The van der Waals surface area contributed by atoms with Gasteiger partial charge in [-0.25, -0.2) is 4.98 Å². The minimum atomic E-state index is -0.765. The van der Waals surface area contributed by atoms with Gasteiger partial charge in [0.2, 0.25) is 23.6 Å². The minimum absolute atomic E-state index is 0.0167. The molecule has 0 bridgehead atoms. The third-order valence-electron chi connectivity index (χ3n) is 14.4. The maximum atomic E-state index is 14.7. The molecule has 3 N–H and O–H groups in total. The number of nitrogens with two attached hydrogens (primary N) is 1. The number of hydrogen-bond donors (Lipinski definition) is 2. The second-order valence-electron chi connectivity index (χ2n) is 20.0. The number of ketones is 2. The molecule has 68 heavy (non-hydrogen) atoms. The number of carbonyl (C=O) groups excluding carboxylic acids is 6. The quantitative estimate of drug-likeness (QED) is 0.0727. The van der Waals surface area contributed by atoms with E-state index in [4.69, 9.17) is 15.2 Å². The Hall–Kier alpha value is -4.05. The maximum Gasteiger partial charge on any atom is 0.226 e. The number of thiazole rings is 1. The van der Waals surface area contributed by atoms with Gasteiger partial charge in [-0.05, 0) is 62.0 Å². The molecule has 2 heterocycles. The lowest BCUT2D eigenvalue weighted by Gasteiger charge is -2.41. The van der Waals surface area contributed by atoms with Crippen LogP contribution in [0.25, 0.3) is 0 Å². The number of nitrogens with zero attached hydrogens (tertiary/aromatic N) is 4. The number of ether oxygens (including phenoxy) is 2. The lowest BCUT2D eigenvalue weighted by atomic mass is 9.83. The maximum absolute atomic E-state index is 14.7. The molecule has 0 aliphatic carbocycles. The molecule has 15 heteroatoms. The molecule has 382 valence electrons. The predicted octanol–water partition coefficient (Wildman–Crippen LogP) is 7.33. The minimum Gasteiger partial charge on any atom is -0.379 e. The highest BCUT2D eigenvalue weighted by molar-refractivity contribution is 7.09. The highest BCUT2D eigenvalue weighted by Gasteiger charge is 2.43. The predicted molar refractivity (Wildman–Crippen MR) is 270 cm³/mol. The van der Waals surface area contributed by atoms with Gasteiger partial charge < -0.3 is 35.2 Å². The lowest BCUT2D eigenvalue weighted by molar-refractivity contribution is -0.149. The monoisotopic (exact) mass is 967 g/mol. The van der Waals surface area contributed by atoms with E-state index in [-0.39, 0.29) is 96.6 Å². The summed E-state index contributed by atoms with van der Waals surface area (Å²) in [6.45, 7) is 16.7. The van der Waals surface area contributed by atoms with E-state index in [1.807, 2.05) is 83.9 Å². The van der Waals surface area contributed by atoms with Crippen LogP contribution in [0.5, 0.6) is 0 Å². The van der Waals surface area contributed by atoms with E-state index < -0.39 is 36.1 Å². The van der Waals surface area contributed by atoms with Crippen molar-refractivity contribution >= 4 is 46.5 Å². The van der Waals surface area contributed by atoms with Crippen LogP contribution >= 0.6 is 11.3 Å². The van der Waals surface area contributed by atoms with Crippen molar-refractivity contribution in [1.82, 2.24) is 25.0 Å². The number of carbonyl (C=O) groups is 6. The van der Waals surface area contributed by atoms with Gasteiger partial charge in [-0.15, -0.1) is 11.3 Å². The molecule has 1 aromatic heterocycles. The average molecular weight is 967 g/mol. The fourth-order valence-electron chi connectivity index (χ4n) is 10.1. The fourth-order valence-corrected chi connectivity index (χ4v) is 10.9. The number of amides is 4. The molecule has 3 rings (SSSR count). The molecule has 1 aliphatic rings. The molecule has 14 nitrogen and oxygen atoms in total. The van der Waals surface area contributed by atoms with Crippen LogP contribution in [0, 0.1) is 35.5 Å². The number of unbranched alkanes of at least 4 members (excludes halogenated alkanes) is 1. The largest absolute Gasteiger partial charge is 0.379 e. The number of rotatable bonds is 31. The third-order valence-corrected chi connectivity index (χ3v) is 15.4. The Morgan fingerprint density at radius 3 is 2.16 bits per heavy atom. The molecule has 1 fully saturated rings. The topological polar surface area (TPSA) is 182 Å². The van der Waals surface area contributed by atoms with Gasteiger partial charge in [0.1, 0.15) is 5.78 Å². The van der Waals surface area contributed by atoms with E-state index in [1.165, 1.54) is 4.90 Å². The highest BCUT2D eigenvalue weighted by atomic mass is 32.1. The summed E-state index contributed by atoms with van der Waals surface area (Å²) in [7, 11) is 6.53. The van der Waals surface area contributed by atoms with Gasteiger partial charge in [0.25, 0.3) is 0 Å². The van der Waals surface area contributed by atoms with E-state index in [0.717, 1.165) is 36.3 Å². The number of benzene rings is 1. The van der Waals surface area contributed by atoms with E-state index in [0.29, 0.717) is 38.8 Å². The normalized spacial score (nSPS) is 18.0. The van der Waals surface area contributed by atoms with Crippen molar-refractivity contribution in [3.63, 3.8) is 0 Å². The number of methoxy groups -OCH3 is 2. The Morgan fingerprint density at radius 1 is 0.897 bits per heavy atom. The highest BCUT2D eigenvalue weighted by Crippen LogP contribution is 2.34. The molecule has 4 amide bonds. The summed E-state index contributed by atoms with van der Waals surface area (Å²) in [5, 5.41) is 5.72. The third kappa shape index (κ3) is 16.5. The Balaban J connectivity index is 1.74. The van der Waals surface area contributed by atoms with Crippen LogP contribution in [0.3, 0.4) is 0 Å². The Morgan fingerprint density at radius 2 is 1.59 bits per heavy atom. The van der Waals surface area contributed by atoms with Crippen LogP contribution in [0.15, 0.2) is 41.9 Å². The molecular weight excluding hydrogens is 881 g/mol. The number of hydrogen-bond acceptors (Lipinski definition) is 11. The Kier molecular flexibility index (Phi) is 25.0. The fraction of sp³-hybridized carbons (Fsp3) is 0.717. The van der Waals surface area contributed by atoms with Crippen molar-refractivity contribution in [3.8, 4) is 0 Å². The van der Waals surface area contributed by atoms with Crippen molar-refractivity contribution < 1.29 is 38.2 Å². The SMILES string of the molecule is CC[C@H](C)[C@@H]([C@@H](CC(=O)N1CCC[C@H]1[C@H](OC)[C@@H](C)C(=O)C[C@@H](Cc1ccccc1)c1nccs1)OC)N(C)C(=O)[C@@H](CC(=O)[C@H](C(C)C)N(C)C(=O)CCNC(=O)C(C)CCCCN)C(C)C. The van der Waals surface area contributed by atoms with Crippen LogP contribution < -0.4 is 11.1 Å². The summed E-state index contributed by atoms with van der Waals surface area (Å²) in [6.07, 6.45) is 6.20. The summed E-state index contributed by atoms with van der Waals surface area (Å²) >= 11 is 1.56. The zero-order valence-corrected chi connectivity index (χ0v) is 44.2. The van der Waals surface area contributed by atoms with Crippen LogP contribution in [0.2, 0.25) is 0 Å². The number of likely N-dealkylation sites (N-methyl/N-ethyl adjacent to an activating group) is 2. The van der Waals surface area contributed by atoms with Crippen LogP contribution in [0.1, 0.15) is 136 Å². The number of Topliss-reactive ketones (excluding diaryl/α,β-unsaturated/α-hetero) is 2. The zero-order chi connectivity index (χ0) is 50.7. The van der Waals surface area contributed by atoms with Crippen LogP contribution in [0.4, 0.5) is 0 Å². The first-order chi connectivity index (χ1) is 32.3. The van der Waals surface area contributed by atoms with Crippen molar-refractivity contribution in [2.24, 2.45) is 41.2 Å². The van der Waals surface area contributed by atoms with E-state index in [1.54, 1.807) is 50.7 Å². The van der Waals surface area contributed by atoms with E-state index >= 15 is 0 Å². The summed E-state index contributed by atoms with van der Waals surface area (Å²) in [5.41, 5.74) is 6.73. The molecule has 0 saturated carbocycles. The first-order valence-electron chi connectivity index (χ1n) is 25.2. The van der Waals surface area contributed by atoms with Crippen molar-refractivity contribution in [2.45, 2.75) is 162 Å². The van der Waals surface area contributed by atoms with Gasteiger partial charge in [-0.3, -0.25) is 28.8 Å². The van der Waals surface area contributed by atoms with Gasteiger partial charge in [-0.1, -0.05) is 98.6 Å². The molecule has 1 aliphatic heterocycles. The second-order valence-corrected chi connectivity index (χ2v) is 20.9. The second kappa shape index (κ2) is 29.2. The van der Waals surface area contributed by atoms with Crippen LogP contribution in [-0.2, 0) is 44.7 Å². The Bertz CT molecular complexity index is 1860. The summed E-state index contributed by atoms with van der Waals surface area (Å²) in [6, 6.07) is 8.56. The van der Waals surface area contributed by atoms with E-state index in [2.05, 4.69) is 22.4 Å². The zero-order valence-electron chi connectivity index (χ0n) is 43.4. The smallest absolute Gasteiger partial charge is 0.226 e. The number of likely N-dealkylation sites (tertiary alicyclic amines) is 1. The summed E-state index contributed by atoms with van der Waals surface area (Å²) in [5.74, 6) is -2.79. The summed E-state index contributed by atoms with van der Waals surface area (Å²) < 4.78 is 12.2. The molecule has 1 saturated heterocycles. The molecule has 0 spiro atoms. The van der Waals surface area contributed by atoms with Gasteiger partial charge in [0, 0.05) is 95.9 Å². The lowest BCUT2D eigenvalue weighted by Crippen LogP contribution is -2.54. The van der Waals surface area contributed by atoms with Gasteiger partial charge in [0.05, 0.1) is 41.8 Å². The molecule has 1 unspecified atom stereocenters. The van der Waals surface area contributed by atoms with Gasteiger partial charge in [-0.2, -0.15) is 0 Å². The van der Waals surface area contributed by atoms with Crippen molar-refractivity contribution in [3.05, 3.63) is 52.5 Å². The first kappa shape index (κ1) is 58.3. The molecule has 2 aromatic rings. The number of aromatic nitrogens is 1. The van der Waals surface area contributed by atoms with Crippen molar-refractivity contribution in [2.75, 3.05) is 47.9 Å². The molecular formula is C53H86N6O8S.